The van der Waals surface area contributed by atoms with Crippen LogP contribution >= 0.6 is 11.8 Å². The fourth-order valence-corrected chi connectivity index (χ4v) is 2.92. The second-order valence-corrected chi connectivity index (χ2v) is 5.66. The number of anilines is 1. The van der Waals surface area contributed by atoms with Crippen molar-refractivity contribution in [1.29, 1.82) is 0 Å². The molecular formula is C14H16N2O4S. The van der Waals surface area contributed by atoms with Gasteiger partial charge in [-0.25, -0.2) is 4.79 Å². The van der Waals surface area contributed by atoms with Gasteiger partial charge in [0.15, 0.2) is 5.37 Å². The first-order chi connectivity index (χ1) is 10.0. The van der Waals surface area contributed by atoms with Crippen molar-refractivity contribution in [3.05, 3.63) is 29.8 Å². The summed E-state index contributed by atoms with van der Waals surface area (Å²) < 4.78 is 0. The smallest absolute Gasteiger partial charge is 0.337 e. The summed E-state index contributed by atoms with van der Waals surface area (Å²) >= 11 is 0.881. The molecule has 2 rings (SSSR count). The van der Waals surface area contributed by atoms with Crippen LogP contribution in [-0.2, 0) is 4.79 Å². The first-order valence-electron chi connectivity index (χ1n) is 6.65. The number of carboxylic acid groups (broad SMARTS) is 1. The van der Waals surface area contributed by atoms with E-state index in [1.54, 1.807) is 18.2 Å². The van der Waals surface area contributed by atoms with Gasteiger partial charge < -0.3 is 10.4 Å². The van der Waals surface area contributed by atoms with E-state index in [4.69, 9.17) is 5.11 Å². The molecule has 0 spiro atoms. The minimum Gasteiger partial charge on any atom is -0.478 e. The van der Waals surface area contributed by atoms with E-state index in [9.17, 15) is 14.4 Å². The number of para-hydroxylation sites is 1. The molecule has 0 aromatic heterocycles. The molecule has 1 aliphatic heterocycles. The third-order valence-corrected chi connectivity index (χ3v) is 4.09. The van der Waals surface area contributed by atoms with Gasteiger partial charge in [0.05, 0.1) is 5.56 Å². The van der Waals surface area contributed by atoms with E-state index < -0.39 is 11.3 Å². The van der Waals surface area contributed by atoms with Crippen molar-refractivity contribution in [1.82, 2.24) is 4.90 Å². The minimum atomic E-state index is -1.08. The number of thioether (sulfide) groups is 1. The average molecular weight is 308 g/mol. The van der Waals surface area contributed by atoms with E-state index >= 15 is 0 Å². The number of amides is 2. The fraction of sp³-hybridized carbons (Fsp3) is 0.357. The molecule has 0 unspecified atom stereocenters. The number of hydrogen-bond acceptors (Lipinski definition) is 5. The van der Waals surface area contributed by atoms with Gasteiger partial charge in [-0.1, -0.05) is 25.5 Å². The van der Waals surface area contributed by atoms with Gasteiger partial charge >= 0.3 is 5.97 Å². The minimum absolute atomic E-state index is 0.0744. The Morgan fingerprint density at radius 2 is 2.10 bits per heavy atom. The lowest BCUT2D eigenvalue weighted by atomic mass is 10.2. The Morgan fingerprint density at radius 1 is 1.38 bits per heavy atom. The van der Waals surface area contributed by atoms with Crippen molar-refractivity contribution < 1.29 is 19.5 Å². The highest BCUT2D eigenvalue weighted by Crippen LogP contribution is 2.29. The lowest BCUT2D eigenvalue weighted by Crippen LogP contribution is -2.35. The normalized spacial score (nSPS) is 18.1. The van der Waals surface area contributed by atoms with Crippen molar-refractivity contribution in [2.45, 2.75) is 25.1 Å². The van der Waals surface area contributed by atoms with Gasteiger partial charge in [-0.2, -0.15) is 0 Å². The van der Waals surface area contributed by atoms with E-state index in [-0.39, 0.29) is 16.7 Å². The maximum Gasteiger partial charge on any atom is 0.337 e. The Kier molecular flexibility index (Phi) is 4.85. The van der Waals surface area contributed by atoms with Crippen molar-refractivity contribution in [2.24, 2.45) is 0 Å². The van der Waals surface area contributed by atoms with E-state index in [0.29, 0.717) is 12.2 Å². The number of carbonyl (C=O) groups excluding carboxylic acids is 2. The van der Waals surface area contributed by atoms with Gasteiger partial charge in [0, 0.05) is 12.2 Å². The summed E-state index contributed by atoms with van der Waals surface area (Å²) in [4.78, 5) is 36.4. The van der Waals surface area contributed by atoms with Crippen LogP contribution in [0.5, 0.6) is 0 Å². The predicted octanol–water partition coefficient (Wildman–Crippen LogP) is 2.62. The Morgan fingerprint density at radius 3 is 2.76 bits per heavy atom. The lowest BCUT2D eigenvalue weighted by molar-refractivity contribution is -0.126. The monoisotopic (exact) mass is 308 g/mol. The highest BCUT2D eigenvalue weighted by atomic mass is 32.2. The zero-order valence-electron chi connectivity index (χ0n) is 11.5. The van der Waals surface area contributed by atoms with Crippen molar-refractivity contribution in [3.8, 4) is 0 Å². The molecule has 1 aromatic carbocycles. The number of imide groups is 1. The molecule has 1 aromatic rings. The first-order valence-corrected chi connectivity index (χ1v) is 7.53. The number of carbonyl (C=O) groups is 3. The molecule has 6 nitrogen and oxygen atoms in total. The summed E-state index contributed by atoms with van der Waals surface area (Å²) in [6, 6.07) is 6.31. The standard InChI is InChI=1S/C14H16N2O4S/c1-2-3-8-16-12(17)11(21-14(16)20)15-10-7-5-4-6-9(10)13(18)19/h4-7,11,15H,2-3,8H2,1H3,(H,18,19)/t11-/m1/s1. The van der Waals surface area contributed by atoms with Crippen LogP contribution in [0, 0.1) is 0 Å². The van der Waals surface area contributed by atoms with Crippen LogP contribution in [-0.4, -0.2) is 39.0 Å². The molecule has 1 atom stereocenters. The molecule has 0 radical (unpaired) electrons. The molecule has 1 saturated heterocycles. The van der Waals surface area contributed by atoms with E-state index in [2.05, 4.69) is 5.32 Å². The van der Waals surface area contributed by atoms with Crippen molar-refractivity contribution in [2.75, 3.05) is 11.9 Å². The summed E-state index contributed by atoms with van der Waals surface area (Å²) in [5.41, 5.74) is 0.409. The number of benzene rings is 1. The first kappa shape index (κ1) is 15.4. The topological polar surface area (TPSA) is 86.7 Å². The molecule has 0 bridgehead atoms. The summed E-state index contributed by atoms with van der Waals surface area (Å²) in [6.07, 6.45) is 1.65. The summed E-state index contributed by atoms with van der Waals surface area (Å²) in [5, 5.41) is 10.9. The number of carboxylic acids is 1. The number of aromatic carboxylic acids is 1. The van der Waals surface area contributed by atoms with Gasteiger partial charge in [0.25, 0.3) is 11.1 Å². The molecule has 112 valence electrons. The molecule has 1 fully saturated rings. The summed E-state index contributed by atoms with van der Waals surface area (Å²) in [6.45, 7) is 2.39. The number of rotatable bonds is 6. The van der Waals surface area contributed by atoms with Gasteiger partial charge in [0.1, 0.15) is 0 Å². The largest absolute Gasteiger partial charge is 0.478 e. The molecule has 0 aliphatic carbocycles. The Labute approximate surface area is 126 Å². The van der Waals surface area contributed by atoms with Crippen LogP contribution in [0.3, 0.4) is 0 Å². The van der Waals surface area contributed by atoms with Gasteiger partial charge in [-0.15, -0.1) is 0 Å². The highest BCUT2D eigenvalue weighted by Gasteiger charge is 2.39. The van der Waals surface area contributed by atoms with E-state index in [1.165, 1.54) is 11.0 Å². The molecule has 2 amide bonds. The van der Waals surface area contributed by atoms with Crippen LogP contribution < -0.4 is 5.32 Å². The Balaban J connectivity index is 2.13. The number of unbranched alkanes of at least 4 members (excludes halogenated alkanes) is 1. The van der Waals surface area contributed by atoms with Crippen LogP contribution in [0.4, 0.5) is 10.5 Å². The van der Waals surface area contributed by atoms with Crippen molar-refractivity contribution >= 4 is 34.6 Å². The summed E-state index contributed by atoms with van der Waals surface area (Å²) in [5.74, 6) is -1.40. The van der Waals surface area contributed by atoms with Gasteiger partial charge in [0.2, 0.25) is 0 Å². The van der Waals surface area contributed by atoms with Crippen LogP contribution in [0.25, 0.3) is 0 Å². The fourth-order valence-electron chi connectivity index (χ4n) is 1.99. The average Bonchev–Trinajstić information content (AvgIpc) is 2.72. The Hall–Kier alpha value is -2.02. The molecule has 0 saturated carbocycles. The zero-order chi connectivity index (χ0) is 15.4. The molecular weight excluding hydrogens is 292 g/mol. The maximum absolute atomic E-state index is 12.2. The lowest BCUT2D eigenvalue weighted by Gasteiger charge is -2.15. The molecule has 1 heterocycles. The predicted molar refractivity (Wildman–Crippen MR) is 80.4 cm³/mol. The maximum atomic E-state index is 12.2. The highest BCUT2D eigenvalue weighted by molar-refractivity contribution is 8.15. The van der Waals surface area contributed by atoms with Crippen LogP contribution in [0.2, 0.25) is 0 Å². The second kappa shape index (κ2) is 6.62. The zero-order valence-corrected chi connectivity index (χ0v) is 12.4. The quantitative estimate of drug-likeness (QED) is 0.840. The van der Waals surface area contributed by atoms with E-state index in [1.807, 2.05) is 6.92 Å². The molecule has 7 heteroatoms. The molecule has 21 heavy (non-hydrogen) atoms. The molecule has 1 aliphatic rings. The number of hydrogen-bond donors (Lipinski definition) is 2. The third kappa shape index (κ3) is 3.36. The van der Waals surface area contributed by atoms with Crippen LogP contribution in [0.1, 0.15) is 30.1 Å². The Bertz CT molecular complexity index is 576. The third-order valence-electron chi connectivity index (χ3n) is 3.11. The van der Waals surface area contributed by atoms with Gasteiger partial charge in [-0.3, -0.25) is 14.5 Å². The number of nitrogens with zero attached hydrogens (tertiary/aromatic N) is 1. The summed E-state index contributed by atoms with van der Waals surface area (Å²) in [7, 11) is 0. The van der Waals surface area contributed by atoms with Crippen LogP contribution in [0.15, 0.2) is 24.3 Å². The SMILES string of the molecule is CCCCN1C(=O)S[C@@H](Nc2ccccc2C(=O)O)C1=O. The molecule has 2 N–H and O–H groups in total. The van der Waals surface area contributed by atoms with Crippen molar-refractivity contribution in [3.63, 3.8) is 0 Å². The number of nitrogens with one attached hydrogen (secondary N) is 1. The van der Waals surface area contributed by atoms with Gasteiger partial charge in [-0.05, 0) is 30.3 Å². The second-order valence-electron chi connectivity index (χ2n) is 4.60. The van der Waals surface area contributed by atoms with E-state index in [0.717, 1.165) is 24.6 Å².